The fraction of sp³-hybridized carbons (Fsp3) is 0.353. The normalized spacial score (nSPS) is 21.5. The van der Waals surface area contributed by atoms with E-state index in [0.29, 0.717) is 6.42 Å². The number of hydrogen-bond donors (Lipinski definition) is 3. The summed E-state index contributed by atoms with van der Waals surface area (Å²) < 4.78 is 0. The van der Waals surface area contributed by atoms with Crippen LogP contribution in [0.3, 0.4) is 0 Å². The summed E-state index contributed by atoms with van der Waals surface area (Å²) in [6, 6.07) is 8.06. The van der Waals surface area contributed by atoms with Gasteiger partial charge in [0, 0.05) is 19.1 Å². The smallest absolute Gasteiger partial charge is 0.331 e. The molecule has 1 aromatic carbocycles. The Morgan fingerprint density at radius 3 is 2.48 bits per heavy atom. The number of carbonyl (C=O) groups is 2. The average Bonchev–Trinajstić information content (AvgIpc) is 2.50. The van der Waals surface area contributed by atoms with Gasteiger partial charge in [0.15, 0.2) is 11.8 Å². The largest absolute Gasteiger partial charge is 0.511 e. The van der Waals surface area contributed by atoms with Crippen molar-refractivity contribution in [3.63, 3.8) is 0 Å². The number of aliphatic hydroxyl groups excluding tert-OH is 2. The fourth-order valence-corrected chi connectivity index (χ4v) is 2.57. The molecule has 0 saturated heterocycles. The summed E-state index contributed by atoms with van der Waals surface area (Å²) in [6.07, 6.45) is 0.387. The Balaban J connectivity index is 2.20. The van der Waals surface area contributed by atoms with Gasteiger partial charge >= 0.3 is 5.97 Å². The standard InChI is InChI=1S/C17H19NO5/c1-10(19)16(17(22)23)18-9-13-14(20)7-12(8-15(13)21)11-5-3-2-4-6-11/h2-6,9-10,12,16,19-20H,7-8H2,1H3,(H,22,23). The van der Waals surface area contributed by atoms with Crippen LogP contribution in [-0.4, -0.2) is 45.4 Å². The van der Waals surface area contributed by atoms with Crippen molar-refractivity contribution >= 4 is 18.0 Å². The lowest BCUT2D eigenvalue weighted by atomic mass is 9.83. The Bertz CT molecular complexity index is 648. The fourth-order valence-electron chi connectivity index (χ4n) is 2.57. The van der Waals surface area contributed by atoms with Crippen LogP contribution in [0.2, 0.25) is 0 Å². The molecule has 1 aromatic rings. The molecule has 0 saturated carbocycles. The van der Waals surface area contributed by atoms with Crippen molar-refractivity contribution in [3.05, 3.63) is 47.2 Å². The number of rotatable bonds is 5. The summed E-state index contributed by atoms with van der Waals surface area (Å²) in [7, 11) is 0. The molecule has 0 amide bonds. The number of carbonyl (C=O) groups excluding carboxylic acids is 1. The molecule has 0 spiro atoms. The van der Waals surface area contributed by atoms with Gasteiger partial charge in [0.25, 0.3) is 0 Å². The van der Waals surface area contributed by atoms with Gasteiger partial charge in [-0.2, -0.15) is 0 Å². The van der Waals surface area contributed by atoms with E-state index >= 15 is 0 Å². The lowest BCUT2D eigenvalue weighted by molar-refractivity contribution is -0.140. The van der Waals surface area contributed by atoms with E-state index in [4.69, 9.17) is 5.11 Å². The lowest BCUT2D eigenvalue weighted by Gasteiger charge is -2.22. The second kappa shape index (κ2) is 7.19. The van der Waals surface area contributed by atoms with Gasteiger partial charge in [-0.1, -0.05) is 30.3 Å². The molecule has 0 aliphatic heterocycles. The minimum Gasteiger partial charge on any atom is -0.511 e. The van der Waals surface area contributed by atoms with Crippen LogP contribution in [0.25, 0.3) is 0 Å². The topological polar surface area (TPSA) is 107 Å². The third kappa shape index (κ3) is 4.04. The van der Waals surface area contributed by atoms with Crippen LogP contribution in [0.15, 0.2) is 46.7 Å². The molecular formula is C17H19NO5. The minimum atomic E-state index is -1.37. The number of hydrogen-bond acceptors (Lipinski definition) is 5. The molecule has 3 unspecified atom stereocenters. The van der Waals surface area contributed by atoms with Crippen molar-refractivity contribution in [1.82, 2.24) is 0 Å². The van der Waals surface area contributed by atoms with Gasteiger partial charge in [-0.3, -0.25) is 9.79 Å². The van der Waals surface area contributed by atoms with Crippen molar-refractivity contribution in [1.29, 1.82) is 0 Å². The van der Waals surface area contributed by atoms with Gasteiger partial charge in [-0.05, 0) is 18.4 Å². The van der Waals surface area contributed by atoms with Crippen molar-refractivity contribution < 1.29 is 24.9 Å². The van der Waals surface area contributed by atoms with Gasteiger partial charge < -0.3 is 15.3 Å². The Morgan fingerprint density at radius 1 is 1.30 bits per heavy atom. The predicted octanol–water partition coefficient (Wildman–Crippen LogP) is 1.85. The summed E-state index contributed by atoms with van der Waals surface area (Å²) >= 11 is 0. The molecule has 1 aliphatic rings. The van der Waals surface area contributed by atoms with Crippen LogP contribution in [0.4, 0.5) is 0 Å². The van der Waals surface area contributed by atoms with E-state index in [1.807, 2.05) is 30.3 Å². The molecule has 23 heavy (non-hydrogen) atoms. The van der Waals surface area contributed by atoms with E-state index in [9.17, 15) is 19.8 Å². The van der Waals surface area contributed by atoms with Gasteiger partial charge in [0.1, 0.15) is 5.76 Å². The maximum absolute atomic E-state index is 12.2. The van der Waals surface area contributed by atoms with E-state index in [1.165, 1.54) is 6.92 Å². The molecule has 6 heteroatoms. The average molecular weight is 317 g/mol. The first kappa shape index (κ1) is 16.9. The number of carboxylic acid groups (broad SMARTS) is 1. The minimum absolute atomic E-state index is 0.0177. The maximum Gasteiger partial charge on any atom is 0.331 e. The molecule has 6 nitrogen and oxygen atoms in total. The molecule has 0 fully saturated rings. The van der Waals surface area contributed by atoms with Crippen LogP contribution in [0, 0.1) is 0 Å². The van der Waals surface area contributed by atoms with Gasteiger partial charge in [-0.25, -0.2) is 4.79 Å². The maximum atomic E-state index is 12.2. The number of nitrogens with zero attached hydrogens (tertiary/aromatic N) is 1. The number of allylic oxidation sites excluding steroid dienone is 2. The number of ketones is 1. The number of aliphatic carboxylic acids is 1. The van der Waals surface area contributed by atoms with Crippen LogP contribution < -0.4 is 0 Å². The lowest BCUT2D eigenvalue weighted by Crippen LogP contribution is -2.30. The SMILES string of the molecule is CC(O)C(N=CC1=C(O)CC(c2ccccc2)CC1=O)C(=O)O. The zero-order valence-electron chi connectivity index (χ0n) is 12.7. The highest BCUT2D eigenvalue weighted by molar-refractivity contribution is 6.14. The van der Waals surface area contributed by atoms with Crippen molar-refractivity contribution in [2.24, 2.45) is 4.99 Å². The number of aliphatic imine (C=N–C) groups is 1. The zero-order chi connectivity index (χ0) is 17.0. The molecule has 2 rings (SSSR count). The molecular weight excluding hydrogens is 298 g/mol. The molecule has 0 bridgehead atoms. The quantitative estimate of drug-likeness (QED) is 0.718. The van der Waals surface area contributed by atoms with E-state index in [0.717, 1.165) is 11.8 Å². The van der Waals surface area contributed by atoms with E-state index < -0.39 is 18.1 Å². The molecule has 0 heterocycles. The van der Waals surface area contributed by atoms with E-state index in [-0.39, 0.29) is 29.5 Å². The summed E-state index contributed by atoms with van der Waals surface area (Å²) in [5.41, 5.74) is 0.986. The summed E-state index contributed by atoms with van der Waals surface area (Å²) in [5, 5.41) is 28.5. The predicted molar refractivity (Wildman–Crippen MR) is 84.7 cm³/mol. The van der Waals surface area contributed by atoms with Crippen molar-refractivity contribution in [3.8, 4) is 0 Å². The molecule has 3 atom stereocenters. The van der Waals surface area contributed by atoms with Crippen molar-refractivity contribution in [2.45, 2.75) is 37.8 Å². The summed E-state index contributed by atoms with van der Waals surface area (Å²) in [5.74, 6) is -1.79. The Hall–Kier alpha value is -2.47. The molecule has 0 radical (unpaired) electrons. The van der Waals surface area contributed by atoms with Crippen LogP contribution in [0.5, 0.6) is 0 Å². The van der Waals surface area contributed by atoms with E-state index in [1.54, 1.807) is 0 Å². The van der Waals surface area contributed by atoms with Gasteiger partial charge in [0.05, 0.1) is 11.7 Å². The summed E-state index contributed by atoms with van der Waals surface area (Å²) in [4.78, 5) is 26.9. The van der Waals surface area contributed by atoms with Gasteiger partial charge in [0.2, 0.25) is 0 Å². The zero-order valence-corrected chi connectivity index (χ0v) is 12.7. The second-order valence-corrected chi connectivity index (χ2v) is 5.60. The van der Waals surface area contributed by atoms with Crippen molar-refractivity contribution in [2.75, 3.05) is 0 Å². The molecule has 1 aliphatic carbocycles. The number of Topliss-reactive ketones (excluding diaryl/α,β-unsaturated/α-hetero) is 1. The van der Waals surface area contributed by atoms with Crippen LogP contribution in [0.1, 0.15) is 31.2 Å². The first-order valence-corrected chi connectivity index (χ1v) is 7.34. The van der Waals surface area contributed by atoms with E-state index in [2.05, 4.69) is 4.99 Å². The number of carboxylic acids is 1. The van der Waals surface area contributed by atoms with Crippen LogP contribution >= 0.6 is 0 Å². The second-order valence-electron chi connectivity index (χ2n) is 5.60. The number of benzene rings is 1. The molecule has 3 N–H and O–H groups in total. The monoisotopic (exact) mass is 317 g/mol. The van der Waals surface area contributed by atoms with Crippen LogP contribution in [-0.2, 0) is 9.59 Å². The highest BCUT2D eigenvalue weighted by Gasteiger charge is 2.28. The first-order valence-electron chi connectivity index (χ1n) is 7.34. The third-order valence-corrected chi connectivity index (χ3v) is 3.83. The third-order valence-electron chi connectivity index (χ3n) is 3.83. The Kier molecular flexibility index (Phi) is 5.28. The molecule has 0 aromatic heterocycles. The highest BCUT2D eigenvalue weighted by Crippen LogP contribution is 2.32. The summed E-state index contributed by atoms with van der Waals surface area (Å²) in [6.45, 7) is 1.30. The Morgan fingerprint density at radius 2 is 1.96 bits per heavy atom. The molecule has 122 valence electrons. The number of aliphatic hydroxyl groups is 2. The highest BCUT2D eigenvalue weighted by atomic mass is 16.4. The first-order chi connectivity index (χ1) is 10.9. The van der Waals surface area contributed by atoms with Gasteiger partial charge in [-0.15, -0.1) is 0 Å². The Labute approximate surface area is 133 Å².